The maximum atomic E-state index is 11.4. The Labute approximate surface area is 110 Å². The average Bonchev–Trinajstić information content (AvgIpc) is 2.46. The molecule has 0 aliphatic heterocycles. The molecule has 1 amide bonds. The Hall–Kier alpha value is -2.06. The molecule has 0 radical (unpaired) electrons. The maximum Gasteiger partial charge on any atom is 0.317 e. The molecule has 0 unspecified atom stereocenters. The van der Waals surface area contributed by atoms with Gasteiger partial charge in [-0.15, -0.1) is 5.11 Å². The molecule has 1 heterocycles. The highest BCUT2D eigenvalue weighted by molar-refractivity contribution is 5.95. The van der Waals surface area contributed by atoms with Crippen molar-refractivity contribution >= 4 is 5.91 Å². The topological polar surface area (TPSA) is 103 Å². The third-order valence-electron chi connectivity index (χ3n) is 2.11. The summed E-state index contributed by atoms with van der Waals surface area (Å²) >= 11 is 0. The summed E-state index contributed by atoms with van der Waals surface area (Å²) in [7, 11) is 2.99. The van der Waals surface area contributed by atoms with E-state index in [1.807, 2.05) is 0 Å². The number of methoxy groups -OCH3 is 2. The van der Waals surface area contributed by atoms with E-state index in [2.05, 4.69) is 10.1 Å². The quantitative estimate of drug-likeness (QED) is 0.433. The van der Waals surface area contributed by atoms with Gasteiger partial charge in [-0.05, 0) is 0 Å². The van der Waals surface area contributed by atoms with Crippen LogP contribution in [0, 0.1) is 5.53 Å². The van der Waals surface area contributed by atoms with Gasteiger partial charge in [-0.25, -0.2) is 10.5 Å². The predicted octanol–water partition coefficient (Wildman–Crippen LogP) is 1.26. The number of nitrogens with one attached hydrogen (secondary N) is 1. The summed E-state index contributed by atoms with van der Waals surface area (Å²) in [5.41, 5.74) is 6.64. The van der Waals surface area contributed by atoms with Crippen molar-refractivity contribution in [3.63, 3.8) is 0 Å². The summed E-state index contributed by atoms with van der Waals surface area (Å²) in [6.07, 6.45) is 1.37. The fourth-order valence-corrected chi connectivity index (χ4v) is 1.24. The monoisotopic (exact) mass is 269 g/mol. The molecule has 0 aromatic carbocycles. The molecule has 0 saturated carbocycles. The maximum absolute atomic E-state index is 11.4. The van der Waals surface area contributed by atoms with Gasteiger partial charge >= 0.3 is 5.91 Å². The highest BCUT2D eigenvalue weighted by Gasteiger charge is 2.18. The van der Waals surface area contributed by atoms with Gasteiger partial charge in [0.15, 0.2) is 24.0 Å². The summed E-state index contributed by atoms with van der Waals surface area (Å²) in [6.45, 7) is 0.691. The van der Waals surface area contributed by atoms with Crippen LogP contribution in [0.4, 0.5) is 0 Å². The lowest BCUT2D eigenvalue weighted by Gasteiger charge is -2.12. The normalized spacial score (nSPS) is 10.0. The van der Waals surface area contributed by atoms with E-state index in [0.717, 1.165) is 0 Å². The van der Waals surface area contributed by atoms with E-state index in [9.17, 15) is 4.79 Å². The Morgan fingerprint density at radius 3 is 2.84 bits per heavy atom. The summed E-state index contributed by atoms with van der Waals surface area (Å²) < 4.78 is 20.3. The van der Waals surface area contributed by atoms with Crippen molar-refractivity contribution in [3.8, 4) is 11.5 Å². The van der Waals surface area contributed by atoms with Gasteiger partial charge in [0.05, 0.1) is 20.3 Å². The standard InChI is InChI=1S/C11H15N3O5/c1-16-5-6-18-7-19-10-8(17-2)3-4-13-9(10)11(15)14-12/h3-4,12H,5-7H2,1-2H3. The minimum atomic E-state index is -0.814. The van der Waals surface area contributed by atoms with Crippen molar-refractivity contribution in [2.75, 3.05) is 34.2 Å². The number of nitrogens with zero attached hydrogens (tertiary/aromatic N) is 2. The molecule has 1 N–H and O–H groups in total. The first kappa shape index (κ1) is 15.0. The molecule has 0 aliphatic carbocycles. The molecule has 104 valence electrons. The molecule has 1 aromatic heterocycles. The zero-order valence-corrected chi connectivity index (χ0v) is 10.7. The van der Waals surface area contributed by atoms with Crippen molar-refractivity contribution in [1.29, 1.82) is 5.53 Å². The molecule has 19 heavy (non-hydrogen) atoms. The fraction of sp³-hybridized carbons (Fsp3) is 0.455. The number of aromatic nitrogens is 1. The van der Waals surface area contributed by atoms with Gasteiger partial charge in [-0.3, -0.25) is 4.79 Å². The molecule has 0 saturated heterocycles. The van der Waals surface area contributed by atoms with Crippen molar-refractivity contribution in [3.05, 3.63) is 18.0 Å². The van der Waals surface area contributed by atoms with E-state index in [1.54, 1.807) is 7.11 Å². The van der Waals surface area contributed by atoms with Crippen molar-refractivity contribution < 1.29 is 23.7 Å². The summed E-state index contributed by atoms with van der Waals surface area (Å²) in [6, 6.07) is 1.53. The van der Waals surface area contributed by atoms with Crippen LogP contribution < -0.4 is 9.47 Å². The first-order valence-electron chi connectivity index (χ1n) is 5.38. The molecule has 0 spiro atoms. The second-order valence-electron chi connectivity index (χ2n) is 3.27. The second-order valence-corrected chi connectivity index (χ2v) is 3.27. The smallest absolute Gasteiger partial charge is 0.317 e. The van der Waals surface area contributed by atoms with Crippen LogP contribution in [0.1, 0.15) is 10.5 Å². The Morgan fingerprint density at radius 1 is 1.42 bits per heavy atom. The number of ether oxygens (including phenoxy) is 4. The highest BCUT2D eigenvalue weighted by Crippen LogP contribution is 2.29. The Bertz CT molecular complexity index is 438. The molecule has 0 bridgehead atoms. The molecule has 8 nitrogen and oxygen atoms in total. The van der Waals surface area contributed by atoms with E-state index in [-0.39, 0.29) is 18.2 Å². The zero-order chi connectivity index (χ0) is 14.1. The largest absolute Gasteiger partial charge is 0.493 e. The van der Waals surface area contributed by atoms with Crippen LogP contribution in [-0.4, -0.2) is 45.1 Å². The Balaban J connectivity index is 2.77. The lowest BCUT2D eigenvalue weighted by Crippen LogP contribution is -2.11. The molecule has 0 fully saturated rings. The third kappa shape index (κ3) is 4.27. The average molecular weight is 269 g/mol. The van der Waals surface area contributed by atoms with E-state index in [4.69, 9.17) is 24.5 Å². The molecule has 0 aliphatic rings. The second kappa shape index (κ2) is 8.11. The van der Waals surface area contributed by atoms with Gasteiger partial charge in [0.1, 0.15) is 0 Å². The summed E-state index contributed by atoms with van der Waals surface area (Å²) in [5.74, 6) is -0.397. The van der Waals surface area contributed by atoms with Gasteiger partial charge in [0.2, 0.25) is 0 Å². The molecular weight excluding hydrogens is 254 g/mol. The van der Waals surface area contributed by atoms with Crippen LogP contribution in [0.5, 0.6) is 11.5 Å². The Kier molecular flexibility index (Phi) is 6.41. The number of carbonyl (C=O) groups is 1. The van der Waals surface area contributed by atoms with Crippen LogP contribution in [-0.2, 0) is 9.47 Å². The predicted molar refractivity (Wildman–Crippen MR) is 63.6 cm³/mol. The number of pyridine rings is 1. The number of hydrogen-bond acceptors (Lipinski definition) is 7. The van der Waals surface area contributed by atoms with Gasteiger partial charge in [-0.2, -0.15) is 0 Å². The SMILES string of the molecule is COCCOCOc1c(OC)ccnc1C(=O)N=N. The van der Waals surface area contributed by atoms with Crippen LogP contribution in [0.25, 0.3) is 0 Å². The van der Waals surface area contributed by atoms with E-state index < -0.39 is 5.91 Å². The molecule has 0 atom stereocenters. The Morgan fingerprint density at radius 2 is 2.21 bits per heavy atom. The van der Waals surface area contributed by atoms with Gasteiger partial charge in [0.25, 0.3) is 0 Å². The van der Waals surface area contributed by atoms with Crippen LogP contribution in [0.15, 0.2) is 17.4 Å². The van der Waals surface area contributed by atoms with Crippen LogP contribution >= 0.6 is 0 Å². The number of amides is 1. The minimum absolute atomic E-state index is 0.0929. The summed E-state index contributed by atoms with van der Waals surface area (Å²) in [5, 5.41) is 2.80. The van der Waals surface area contributed by atoms with Crippen molar-refractivity contribution in [2.45, 2.75) is 0 Å². The summed E-state index contributed by atoms with van der Waals surface area (Å²) in [4.78, 5) is 15.2. The minimum Gasteiger partial charge on any atom is -0.493 e. The number of carbonyl (C=O) groups excluding carboxylic acids is 1. The van der Waals surface area contributed by atoms with Gasteiger partial charge in [-0.1, -0.05) is 0 Å². The number of rotatable bonds is 8. The fourth-order valence-electron chi connectivity index (χ4n) is 1.24. The van der Waals surface area contributed by atoms with E-state index >= 15 is 0 Å². The molecular formula is C11H15N3O5. The zero-order valence-electron chi connectivity index (χ0n) is 10.7. The van der Waals surface area contributed by atoms with E-state index in [1.165, 1.54) is 19.4 Å². The lowest BCUT2D eigenvalue weighted by atomic mass is 10.3. The third-order valence-corrected chi connectivity index (χ3v) is 2.11. The highest BCUT2D eigenvalue weighted by atomic mass is 16.7. The van der Waals surface area contributed by atoms with Crippen molar-refractivity contribution in [2.24, 2.45) is 5.11 Å². The van der Waals surface area contributed by atoms with Crippen LogP contribution in [0.2, 0.25) is 0 Å². The van der Waals surface area contributed by atoms with Crippen LogP contribution in [0.3, 0.4) is 0 Å². The molecule has 1 rings (SSSR count). The number of hydrogen-bond donors (Lipinski definition) is 1. The van der Waals surface area contributed by atoms with Gasteiger partial charge in [0, 0.05) is 19.4 Å². The molecule has 1 aromatic rings. The first-order chi connectivity index (χ1) is 9.24. The van der Waals surface area contributed by atoms with Crippen molar-refractivity contribution in [1.82, 2.24) is 4.98 Å². The first-order valence-corrected chi connectivity index (χ1v) is 5.38. The molecule has 8 heteroatoms. The van der Waals surface area contributed by atoms with E-state index in [0.29, 0.717) is 19.0 Å². The van der Waals surface area contributed by atoms with Gasteiger partial charge < -0.3 is 18.9 Å². The lowest BCUT2D eigenvalue weighted by molar-refractivity contribution is -0.00992.